The van der Waals surface area contributed by atoms with Crippen molar-refractivity contribution < 1.29 is 27.5 Å². The fraction of sp³-hybridized carbons (Fsp3) is 0.238. The number of carbonyl (C=O) groups is 2. The number of halogens is 4. The van der Waals surface area contributed by atoms with Crippen LogP contribution in [0.4, 0.5) is 29.6 Å². The van der Waals surface area contributed by atoms with E-state index in [2.05, 4.69) is 25.7 Å². The van der Waals surface area contributed by atoms with Gasteiger partial charge in [0, 0.05) is 32.2 Å². The lowest BCUT2D eigenvalue weighted by Crippen LogP contribution is -2.49. The summed E-state index contributed by atoms with van der Waals surface area (Å²) in [4.78, 5) is 27.8. The quantitative estimate of drug-likeness (QED) is 0.571. The van der Waals surface area contributed by atoms with Crippen molar-refractivity contribution in [2.45, 2.75) is 6.18 Å². The van der Waals surface area contributed by atoms with E-state index in [1.165, 1.54) is 41.3 Å². The SMILES string of the molecule is O=C(Nc1ccc(Cl)nn1)Oc1ccc(N2CCN(C(=O)c3ccccc3C(F)(F)F)CC2)nn1. The smallest absolute Gasteiger partial charge is 0.389 e. The highest BCUT2D eigenvalue weighted by molar-refractivity contribution is 6.29. The van der Waals surface area contributed by atoms with Gasteiger partial charge in [-0.15, -0.1) is 20.4 Å². The summed E-state index contributed by atoms with van der Waals surface area (Å²) >= 11 is 5.63. The van der Waals surface area contributed by atoms with Gasteiger partial charge in [-0.05, 0) is 30.3 Å². The Morgan fingerprint density at radius 1 is 0.914 bits per heavy atom. The van der Waals surface area contributed by atoms with Crippen molar-refractivity contribution >= 4 is 35.2 Å². The summed E-state index contributed by atoms with van der Waals surface area (Å²) in [6.07, 6.45) is -5.47. The van der Waals surface area contributed by atoms with Gasteiger partial charge in [0.25, 0.3) is 5.91 Å². The third kappa shape index (κ3) is 5.93. The number of aromatic nitrogens is 4. The van der Waals surface area contributed by atoms with Gasteiger partial charge >= 0.3 is 12.3 Å². The number of rotatable bonds is 4. The molecular formula is C21H17ClF3N7O3. The molecule has 10 nitrogen and oxygen atoms in total. The Balaban J connectivity index is 1.32. The van der Waals surface area contributed by atoms with E-state index < -0.39 is 23.7 Å². The molecule has 3 heterocycles. The van der Waals surface area contributed by atoms with Crippen molar-refractivity contribution in [1.82, 2.24) is 25.3 Å². The number of nitrogens with one attached hydrogen (secondary N) is 1. The summed E-state index contributed by atoms with van der Waals surface area (Å²) in [5, 5.41) is 17.7. The first-order valence-corrected chi connectivity index (χ1v) is 10.6. The highest BCUT2D eigenvalue weighted by Gasteiger charge is 2.36. The Labute approximate surface area is 201 Å². The Morgan fingerprint density at radius 3 is 2.29 bits per heavy atom. The minimum absolute atomic E-state index is 0.0641. The Hall–Kier alpha value is -4.00. The van der Waals surface area contributed by atoms with Crippen molar-refractivity contribution in [3.05, 3.63) is 64.8 Å². The van der Waals surface area contributed by atoms with Crippen molar-refractivity contribution in [1.29, 1.82) is 0 Å². The van der Waals surface area contributed by atoms with Crippen LogP contribution in [0.1, 0.15) is 15.9 Å². The number of nitrogens with zero attached hydrogens (tertiary/aromatic N) is 6. The zero-order valence-corrected chi connectivity index (χ0v) is 18.6. The third-order valence-electron chi connectivity index (χ3n) is 5.04. The first-order chi connectivity index (χ1) is 16.7. The lowest BCUT2D eigenvalue weighted by Gasteiger charge is -2.35. The normalized spacial score (nSPS) is 13.9. The van der Waals surface area contributed by atoms with Crippen molar-refractivity contribution in [3.63, 3.8) is 0 Å². The zero-order chi connectivity index (χ0) is 25.0. The van der Waals surface area contributed by atoms with E-state index >= 15 is 0 Å². The fourth-order valence-corrected chi connectivity index (χ4v) is 3.47. The lowest BCUT2D eigenvalue weighted by atomic mass is 10.1. The monoisotopic (exact) mass is 507 g/mol. The van der Waals surface area contributed by atoms with E-state index in [1.807, 2.05) is 4.90 Å². The standard InChI is InChI=1S/C21H17ClF3N7O3/c22-15-5-6-16(28-27-15)26-20(34)35-18-8-7-17(29-30-18)31-9-11-32(12-10-31)19(33)13-3-1-2-4-14(13)21(23,24)25/h1-8H,9-12H2,(H,26,28,34). The van der Waals surface area contributed by atoms with Gasteiger partial charge in [-0.1, -0.05) is 23.7 Å². The molecule has 1 aliphatic rings. The van der Waals surface area contributed by atoms with Crippen LogP contribution in [0.15, 0.2) is 48.5 Å². The Kier molecular flexibility index (Phi) is 6.96. The second-order valence-corrected chi connectivity index (χ2v) is 7.70. The maximum absolute atomic E-state index is 13.3. The molecule has 14 heteroatoms. The number of ether oxygens (including phenoxy) is 1. The van der Waals surface area contributed by atoms with Gasteiger partial charge in [0.15, 0.2) is 16.8 Å². The predicted octanol–water partition coefficient (Wildman–Crippen LogP) is 3.51. The summed E-state index contributed by atoms with van der Waals surface area (Å²) in [5.41, 5.74) is -1.33. The number of piperazine rings is 1. The number of alkyl halides is 3. The Bertz CT molecular complexity index is 1200. The molecule has 0 unspecified atom stereocenters. The van der Waals surface area contributed by atoms with Gasteiger partial charge in [0.1, 0.15) is 0 Å². The lowest BCUT2D eigenvalue weighted by molar-refractivity contribution is -0.138. The molecule has 182 valence electrons. The zero-order valence-electron chi connectivity index (χ0n) is 17.9. The second-order valence-electron chi connectivity index (χ2n) is 7.31. The summed E-state index contributed by atoms with van der Waals surface area (Å²) < 4.78 is 44.8. The van der Waals surface area contributed by atoms with Crippen LogP contribution >= 0.6 is 11.6 Å². The molecule has 3 aromatic rings. The van der Waals surface area contributed by atoms with Crippen LogP contribution in [0.5, 0.6) is 5.88 Å². The minimum atomic E-state index is -4.62. The van der Waals surface area contributed by atoms with Gasteiger partial charge in [0.2, 0.25) is 5.88 Å². The molecule has 0 aliphatic carbocycles. The maximum atomic E-state index is 13.3. The summed E-state index contributed by atoms with van der Waals surface area (Å²) in [6.45, 7) is 1.08. The molecule has 0 bridgehead atoms. The van der Waals surface area contributed by atoms with Gasteiger partial charge in [-0.2, -0.15) is 13.2 Å². The van der Waals surface area contributed by atoms with Gasteiger partial charge < -0.3 is 14.5 Å². The molecule has 0 atom stereocenters. The van der Waals surface area contributed by atoms with Crippen LogP contribution in [0.3, 0.4) is 0 Å². The van der Waals surface area contributed by atoms with Crippen molar-refractivity contribution in [3.8, 4) is 5.88 Å². The molecule has 35 heavy (non-hydrogen) atoms. The molecule has 1 fully saturated rings. The average Bonchev–Trinajstić information content (AvgIpc) is 2.85. The minimum Gasteiger partial charge on any atom is -0.389 e. The predicted molar refractivity (Wildman–Crippen MR) is 118 cm³/mol. The second kappa shape index (κ2) is 10.1. The van der Waals surface area contributed by atoms with E-state index in [0.29, 0.717) is 18.9 Å². The number of hydrogen-bond acceptors (Lipinski definition) is 8. The van der Waals surface area contributed by atoms with E-state index in [0.717, 1.165) is 6.07 Å². The number of benzene rings is 1. The van der Waals surface area contributed by atoms with E-state index in [-0.39, 0.29) is 35.5 Å². The van der Waals surface area contributed by atoms with Crippen LogP contribution in [-0.4, -0.2) is 63.5 Å². The number of hydrogen-bond donors (Lipinski definition) is 1. The van der Waals surface area contributed by atoms with E-state index in [4.69, 9.17) is 16.3 Å². The molecule has 0 spiro atoms. The van der Waals surface area contributed by atoms with E-state index in [1.54, 1.807) is 6.07 Å². The van der Waals surface area contributed by atoms with Gasteiger partial charge in [0.05, 0.1) is 11.1 Å². The molecule has 0 saturated carbocycles. The van der Waals surface area contributed by atoms with Crippen LogP contribution in [0.2, 0.25) is 5.15 Å². The van der Waals surface area contributed by atoms with Crippen LogP contribution < -0.4 is 15.0 Å². The Morgan fingerprint density at radius 2 is 1.66 bits per heavy atom. The average molecular weight is 508 g/mol. The summed E-state index contributed by atoms with van der Waals surface area (Å²) in [7, 11) is 0. The highest BCUT2D eigenvalue weighted by atomic mass is 35.5. The molecule has 4 rings (SSSR count). The molecule has 1 aromatic carbocycles. The van der Waals surface area contributed by atoms with Crippen molar-refractivity contribution in [2.24, 2.45) is 0 Å². The fourth-order valence-electron chi connectivity index (χ4n) is 3.37. The van der Waals surface area contributed by atoms with Crippen LogP contribution in [0, 0.1) is 0 Å². The van der Waals surface area contributed by atoms with E-state index in [9.17, 15) is 22.8 Å². The summed E-state index contributed by atoms with van der Waals surface area (Å²) in [6, 6.07) is 10.6. The van der Waals surface area contributed by atoms with Crippen LogP contribution in [-0.2, 0) is 6.18 Å². The number of carbonyl (C=O) groups excluding carboxylic acids is 2. The number of anilines is 2. The largest absolute Gasteiger partial charge is 0.419 e. The van der Waals surface area contributed by atoms with Crippen molar-refractivity contribution in [2.75, 3.05) is 36.4 Å². The van der Waals surface area contributed by atoms with Gasteiger partial charge in [-0.3, -0.25) is 10.1 Å². The number of amides is 2. The van der Waals surface area contributed by atoms with Crippen LogP contribution in [0.25, 0.3) is 0 Å². The van der Waals surface area contributed by atoms with Gasteiger partial charge in [-0.25, -0.2) is 4.79 Å². The molecule has 1 saturated heterocycles. The molecule has 1 N–H and O–H groups in total. The first kappa shape index (κ1) is 24.1. The summed E-state index contributed by atoms with van der Waals surface area (Å²) in [5.74, 6) is -0.145. The highest BCUT2D eigenvalue weighted by Crippen LogP contribution is 2.32. The topological polar surface area (TPSA) is 113 Å². The first-order valence-electron chi connectivity index (χ1n) is 10.2. The third-order valence-corrected chi connectivity index (χ3v) is 5.24. The molecule has 1 aliphatic heterocycles. The molecule has 2 amide bonds. The maximum Gasteiger partial charge on any atom is 0.419 e. The molecular weight excluding hydrogens is 491 g/mol. The molecule has 0 radical (unpaired) electrons. The molecule has 2 aromatic heterocycles.